The predicted molar refractivity (Wildman–Crippen MR) is 181 cm³/mol. The third kappa shape index (κ3) is 7.58. The van der Waals surface area contributed by atoms with Gasteiger partial charge in [0.25, 0.3) is 0 Å². The van der Waals surface area contributed by atoms with Crippen LogP contribution in [0.3, 0.4) is 0 Å². The third-order valence-corrected chi connectivity index (χ3v) is 8.14. The summed E-state index contributed by atoms with van der Waals surface area (Å²) in [5.74, 6) is 0.529. The van der Waals surface area contributed by atoms with Gasteiger partial charge in [-0.3, -0.25) is 0 Å². The summed E-state index contributed by atoms with van der Waals surface area (Å²) in [6, 6.07) is 27.0. The molecule has 212 valence electrons. The third-order valence-electron chi connectivity index (χ3n) is 8.14. The van der Waals surface area contributed by atoms with Crippen molar-refractivity contribution in [1.29, 1.82) is 0 Å². The van der Waals surface area contributed by atoms with Gasteiger partial charge in [-0.15, -0.1) is 0 Å². The van der Waals surface area contributed by atoms with Crippen molar-refractivity contribution in [2.75, 3.05) is 36.0 Å². The number of hydrogen-bond donors (Lipinski definition) is 0. The summed E-state index contributed by atoms with van der Waals surface area (Å²) in [4.78, 5) is 4.77. The topological polar surface area (TPSA) is 6.48 Å². The SMILES string of the molecule is C=C1C=CC(C(C=CC=C(c2ccc(N(CC)CC)cc2)c2ccc(N(CC)CC)cc2)c2ccc(C)cc2)C=C1. The summed E-state index contributed by atoms with van der Waals surface area (Å²) in [6.07, 6.45) is 15.7. The van der Waals surface area contributed by atoms with E-state index >= 15 is 0 Å². The number of aryl methyl sites for hydroxylation is 1. The Morgan fingerprint density at radius 1 is 0.707 bits per heavy atom. The van der Waals surface area contributed by atoms with Crippen molar-refractivity contribution in [2.45, 2.75) is 40.5 Å². The van der Waals surface area contributed by atoms with Crippen LogP contribution in [0.4, 0.5) is 11.4 Å². The number of rotatable bonds is 12. The molecule has 1 aliphatic carbocycles. The molecule has 0 amide bonds. The quantitative estimate of drug-likeness (QED) is 0.210. The van der Waals surface area contributed by atoms with E-state index in [2.05, 4.69) is 166 Å². The molecule has 1 atom stereocenters. The lowest BCUT2D eigenvalue weighted by molar-refractivity contribution is 0.702. The van der Waals surface area contributed by atoms with E-state index in [0.717, 1.165) is 31.8 Å². The second-order valence-electron chi connectivity index (χ2n) is 10.7. The Balaban J connectivity index is 1.73. The fourth-order valence-electron chi connectivity index (χ4n) is 5.59. The molecular formula is C39H46N2. The van der Waals surface area contributed by atoms with Gasteiger partial charge in [-0.25, -0.2) is 0 Å². The van der Waals surface area contributed by atoms with Crippen molar-refractivity contribution < 1.29 is 0 Å². The molecule has 2 nitrogen and oxygen atoms in total. The van der Waals surface area contributed by atoms with E-state index < -0.39 is 0 Å². The van der Waals surface area contributed by atoms with Crippen LogP contribution in [0, 0.1) is 12.8 Å². The van der Waals surface area contributed by atoms with E-state index in [1.807, 2.05) is 0 Å². The van der Waals surface area contributed by atoms with E-state index in [1.165, 1.54) is 39.2 Å². The van der Waals surface area contributed by atoms with E-state index in [4.69, 9.17) is 0 Å². The van der Waals surface area contributed by atoms with Crippen LogP contribution in [0.5, 0.6) is 0 Å². The van der Waals surface area contributed by atoms with Gasteiger partial charge in [-0.1, -0.05) is 103 Å². The molecule has 2 heteroatoms. The molecule has 0 radical (unpaired) electrons. The Hall–Kier alpha value is -4.04. The van der Waals surface area contributed by atoms with Gasteiger partial charge in [0.2, 0.25) is 0 Å². The molecule has 0 fully saturated rings. The number of benzene rings is 3. The highest BCUT2D eigenvalue weighted by Gasteiger charge is 2.18. The van der Waals surface area contributed by atoms with Crippen molar-refractivity contribution in [3.63, 3.8) is 0 Å². The summed E-state index contributed by atoms with van der Waals surface area (Å²) in [5, 5.41) is 0. The normalized spacial score (nSPS) is 13.9. The second-order valence-corrected chi connectivity index (χ2v) is 10.7. The molecule has 0 N–H and O–H groups in total. The average molecular weight is 543 g/mol. The van der Waals surface area contributed by atoms with Gasteiger partial charge in [-0.05, 0) is 86.7 Å². The molecule has 0 bridgehead atoms. The Labute approximate surface area is 248 Å². The van der Waals surface area contributed by atoms with Gasteiger partial charge in [0.05, 0.1) is 0 Å². The number of nitrogens with zero attached hydrogens (tertiary/aromatic N) is 2. The second kappa shape index (κ2) is 14.6. The van der Waals surface area contributed by atoms with E-state index in [9.17, 15) is 0 Å². The molecule has 0 saturated carbocycles. The average Bonchev–Trinajstić information content (AvgIpc) is 3.01. The van der Waals surface area contributed by atoms with Crippen molar-refractivity contribution in [1.82, 2.24) is 0 Å². The first-order chi connectivity index (χ1) is 20.0. The van der Waals surface area contributed by atoms with Crippen LogP contribution in [-0.2, 0) is 0 Å². The lowest BCUT2D eigenvalue weighted by atomic mass is 9.82. The van der Waals surface area contributed by atoms with Gasteiger partial charge in [0.15, 0.2) is 0 Å². The van der Waals surface area contributed by atoms with Crippen LogP contribution in [-0.4, -0.2) is 26.2 Å². The molecule has 0 aliphatic heterocycles. The number of anilines is 2. The van der Waals surface area contributed by atoms with Crippen LogP contribution in [0.25, 0.3) is 5.57 Å². The van der Waals surface area contributed by atoms with Gasteiger partial charge < -0.3 is 9.80 Å². The summed E-state index contributed by atoms with van der Waals surface area (Å²) in [6.45, 7) is 19.1. The highest BCUT2D eigenvalue weighted by atomic mass is 15.1. The van der Waals surface area contributed by atoms with Crippen LogP contribution < -0.4 is 9.80 Å². The fourth-order valence-corrected chi connectivity index (χ4v) is 5.59. The molecule has 4 rings (SSSR count). The highest BCUT2D eigenvalue weighted by molar-refractivity contribution is 5.82. The van der Waals surface area contributed by atoms with Gasteiger partial charge >= 0.3 is 0 Å². The molecule has 3 aromatic carbocycles. The van der Waals surface area contributed by atoms with Crippen molar-refractivity contribution in [3.8, 4) is 0 Å². The minimum absolute atomic E-state index is 0.240. The first-order valence-corrected chi connectivity index (χ1v) is 15.2. The number of hydrogen-bond acceptors (Lipinski definition) is 2. The van der Waals surface area contributed by atoms with E-state index in [0.29, 0.717) is 0 Å². The van der Waals surface area contributed by atoms with Gasteiger partial charge in [-0.2, -0.15) is 0 Å². The summed E-state index contributed by atoms with van der Waals surface area (Å²) >= 11 is 0. The molecule has 1 unspecified atom stereocenters. The lowest BCUT2D eigenvalue weighted by Gasteiger charge is -2.22. The van der Waals surface area contributed by atoms with Crippen LogP contribution in [0.2, 0.25) is 0 Å². The number of allylic oxidation sites excluding steroid dienone is 8. The Kier molecular flexibility index (Phi) is 10.6. The summed E-state index contributed by atoms with van der Waals surface area (Å²) < 4.78 is 0. The zero-order chi connectivity index (χ0) is 29.2. The maximum Gasteiger partial charge on any atom is 0.0366 e. The Morgan fingerprint density at radius 3 is 1.61 bits per heavy atom. The van der Waals surface area contributed by atoms with Crippen molar-refractivity contribution in [3.05, 3.63) is 150 Å². The van der Waals surface area contributed by atoms with Crippen LogP contribution in [0.1, 0.15) is 55.9 Å². The lowest BCUT2D eigenvalue weighted by Crippen LogP contribution is -2.21. The first-order valence-electron chi connectivity index (χ1n) is 15.2. The zero-order valence-corrected chi connectivity index (χ0v) is 25.6. The minimum atomic E-state index is 0.240. The summed E-state index contributed by atoms with van der Waals surface area (Å²) in [5.41, 5.74) is 9.86. The first kappa shape index (κ1) is 29.9. The molecule has 41 heavy (non-hydrogen) atoms. The molecule has 0 aromatic heterocycles. The molecule has 1 aliphatic rings. The standard InChI is InChI=1S/C39H46N2/c1-7-40(8-2)36-26-22-34(23-27-36)39(35-24-28-37(29-25-35)41(9-3)10-4)13-11-12-38(32-18-14-30(5)15-19-32)33-20-16-31(6)17-21-33/h11-29,32,38H,5,7-10H2,1-4,6H3. The zero-order valence-electron chi connectivity index (χ0n) is 25.6. The minimum Gasteiger partial charge on any atom is -0.372 e. The molecule has 0 spiro atoms. The smallest absolute Gasteiger partial charge is 0.0366 e. The fraction of sp³-hybridized carbons (Fsp3) is 0.282. The largest absolute Gasteiger partial charge is 0.372 e. The van der Waals surface area contributed by atoms with Crippen molar-refractivity contribution in [2.24, 2.45) is 5.92 Å². The molecule has 0 saturated heterocycles. The maximum atomic E-state index is 4.09. The highest BCUT2D eigenvalue weighted by Crippen LogP contribution is 2.33. The Bertz CT molecular complexity index is 1300. The van der Waals surface area contributed by atoms with Gasteiger partial charge in [0.1, 0.15) is 0 Å². The van der Waals surface area contributed by atoms with Gasteiger partial charge in [0, 0.05) is 49.4 Å². The Morgan fingerprint density at radius 2 is 1.17 bits per heavy atom. The van der Waals surface area contributed by atoms with Crippen molar-refractivity contribution >= 4 is 16.9 Å². The maximum absolute atomic E-state index is 4.09. The summed E-state index contributed by atoms with van der Waals surface area (Å²) in [7, 11) is 0. The molecular weight excluding hydrogens is 496 g/mol. The molecule has 0 heterocycles. The molecule has 3 aromatic rings. The monoisotopic (exact) mass is 542 g/mol. The van der Waals surface area contributed by atoms with E-state index in [-0.39, 0.29) is 11.8 Å². The van der Waals surface area contributed by atoms with Crippen LogP contribution in [0.15, 0.2) is 127 Å². The van der Waals surface area contributed by atoms with E-state index in [1.54, 1.807) is 0 Å². The van der Waals surface area contributed by atoms with Crippen LogP contribution >= 0.6 is 0 Å². The predicted octanol–water partition coefficient (Wildman–Crippen LogP) is 9.76.